The van der Waals surface area contributed by atoms with Crippen LogP contribution in [0, 0.1) is 0 Å². The fourth-order valence-electron chi connectivity index (χ4n) is 2.63. The first kappa shape index (κ1) is 13.1. The minimum atomic E-state index is -0.523. The van der Waals surface area contributed by atoms with Gasteiger partial charge in [-0.2, -0.15) is 0 Å². The summed E-state index contributed by atoms with van der Waals surface area (Å²) in [7, 11) is 1.99. The van der Waals surface area contributed by atoms with Crippen LogP contribution in [-0.2, 0) is 0 Å². The van der Waals surface area contributed by atoms with Crippen LogP contribution >= 0.6 is 0 Å². The monoisotopic (exact) mass is 249 g/mol. The molecular weight excluding hydrogens is 226 g/mol. The summed E-state index contributed by atoms with van der Waals surface area (Å²) in [5.74, 6) is 1.80. The Morgan fingerprint density at radius 2 is 2.11 bits per heavy atom. The van der Waals surface area contributed by atoms with Gasteiger partial charge in [-0.25, -0.2) is 4.98 Å². The van der Waals surface area contributed by atoms with Gasteiger partial charge in [0, 0.05) is 20.1 Å². The van der Waals surface area contributed by atoms with Gasteiger partial charge >= 0.3 is 0 Å². The van der Waals surface area contributed by atoms with E-state index >= 15 is 0 Å². The number of pyridine rings is 1. The van der Waals surface area contributed by atoms with Crippen molar-refractivity contribution in [1.29, 1.82) is 0 Å². The van der Waals surface area contributed by atoms with Crippen LogP contribution in [0.15, 0.2) is 18.2 Å². The second-order valence-corrected chi connectivity index (χ2v) is 5.20. The maximum atomic E-state index is 10.4. The standard InChI is InChI=1S/C14H23N3O/c1-3-15-12-7-6-8-13(16-12)17(2)11-14(18)9-4-5-10-14/h6-8,18H,3-5,9-11H2,1-2H3,(H,15,16). The van der Waals surface area contributed by atoms with Gasteiger partial charge in [-0.05, 0) is 31.9 Å². The highest BCUT2D eigenvalue weighted by atomic mass is 16.3. The lowest BCUT2D eigenvalue weighted by molar-refractivity contribution is 0.0558. The zero-order chi connectivity index (χ0) is 13.0. The molecule has 2 N–H and O–H groups in total. The highest BCUT2D eigenvalue weighted by molar-refractivity contribution is 5.46. The maximum absolute atomic E-state index is 10.4. The van der Waals surface area contributed by atoms with Gasteiger partial charge < -0.3 is 15.3 Å². The van der Waals surface area contributed by atoms with Crippen molar-refractivity contribution in [2.24, 2.45) is 0 Å². The number of hydrogen-bond acceptors (Lipinski definition) is 4. The molecule has 100 valence electrons. The molecule has 4 heteroatoms. The Morgan fingerprint density at radius 1 is 1.39 bits per heavy atom. The van der Waals surface area contributed by atoms with E-state index in [1.807, 2.05) is 30.1 Å². The van der Waals surface area contributed by atoms with E-state index in [1.54, 1.807) is 0 Å². The van der Waals surface area contributed by atoms with Gasteiger partial charge in [-0.1, -0.05) is 18.9 Å². The second-order valence-electron chi connectivity index (χ2n) is 5.20. The minimum Gasteiger partial charge on any atom is -0.388 e. The van der Waals surface area contributed by atoms with Gasteiger partial charge in [0.25, 0.3) is 0 Å². The molecule has 1 aromatic heterocycles. The number of likely N-dealkylation sites (N-methyl/N-ethyl adjacent to an activating group) is 1. The van der Waals surface area contributed by atoms with Crippen molar-refractivity contribution in [2.75, 3.05) is 30.4 Å². The van der Waals surface area contributed by atoms with E-state index in [0.717, 1.165) is 43.9 Å². The van der Waals surface area contributed by atoms with Crippen molar-refractivity contribution in [3.63, 3.8) is 0 Å². The van der Waals surface area contributed by atoms with Crippen LogP contribution in [-0.4, -0.2) is 35.8 Å². The van der Waals surface area contributed by atoms with Gasteiger partial charge in [-0.15, -0.1) is 0 Å². The van der Waals surface area contributed by atoms with Crippen molar-refractivity contribution < 1.29 is 5.11 Å². The largest absolute Gasteiger partial charge is 0.388 e. The summed E-state index contributed by atoms with van der Waals surface area (Å²) in [4.78, 5) is 6.59. The van der Waals surface area contributed by atoms with Gasteiger partial charge in [0.15, 0.2) is 0 Å². The molecule has 0 spiro atoms. The molecule has 0 aromatic carbocycles. The molecule has 0 aliphatic heterocycles. The molecule has 1 fully saturated rings. The molecule has 2 rings (SSSR count). The van der Waals surface area contributed by atoms with Crippen LogP contribution in [0.1, 0.15) is 32.6 Å². The van der Waals surface area contributed by atoms with Crippen molar-refractivity contribution in [3.05, 3.63) is 18.2 Å². The Morgan fingerprint density at radius 3 is 2.78 bits per heavy atom. The van der Waals surface area contributed by atoms with E-state index in [9.17, 15) is 5.11 Å². The lowest BCUT2D eigenvalue weighted by atomic mass is 10.0. The fourth-order valence-corrected chi connectivity index (χ4v) is 2.63. The number of aromatic nitrogens is 1. The Balaban J connectivity index is 2.03. The quantitative estimate of drug-likeness (QED) is 0.840. The third-order valence-corrected chi connectivity index (χ3v) is 3.55. The first-order valence-corrected chi connectivity index (χ1v) is 6.77. The lowest BCUT2D eigenvalue weighted by Gasteiger charge is -2.29. The molecule has 0 unspecified atom stereocenters. The molecule has 1 heterocycles. The van der Waals surface area contributed by atoms with E-state index < -0.39 is 5.60 Å². The first-order chi connectivity index (χ1) is 8.63. The molecule has 0 bridgehead atoms. The maximum Gasteiger partial charge on any atom is 0.130 e. The van der Waals surface area contributed by atoms with E-state index in [0.29, 0.717) is 6.54 Å². The summed E-state index contributed by atoms with van der Waals surface area (Å²) in [6.07, 6.45) is 4.08. The third-order valence-electron chi connectivity index (χ3n) is 3.55. The number of rotatable bonds is 5. The van der Waals surface area contributed by atoms with Crippen molar-refractivity contribution in [3.8, 4) is 0 Å². The van der Waals surface area contributed by atoms with Crippen LogP contribution in [0.4, 0.5) is 11.6 Å². The molecule has 1 aliphatic rings. The molecule has 18 heavy (non-hydrogen) atoms. The Labute approximate surface area is 109 Å². The lowest BCUT2D eigenvalue weighted by Crippen LogP contribution is -2.39. The van der Waals surface area contributed by atoms with E-state index in [4.69, 9.17) is 0 Å². The summed E-state index contributed by atoms with van der Waals surface area (Å²) in [6, 6.07) is 5.94. The number of hydrogen-bond donors (Lipinski definition) is 2. The van der Waals surface area contributed by atoms with Gasteiger partial charge in [-0.3, -0.25) is 0 Å². The number of nitrogens with one attached hydrogen (secondary N) is 1. The number of anilines is 2. The average molecular weight is 249 g/mol. The summed E-state index contributed by atoms with van der Waals surface area (Å²) < 4.78 is 0. The predicted molar refractivity (Wildman–Crippen MR) is 75.1 cm³/mol. The minimum absolute atomic E-state index is 0.523. The number of nitrogens with zero attached hydrogens (tertiary/aromatic N) is 2. The van der Waals surface area contributed by atoms with Crippen LogP contribution in [0.5, 0.6) is 0 Å². The summed E-state index contributed by atoms with van der Waals surface area (Å²) >= 11 is 0. The van der Waals surface area contributed by atoms with Crippen molar-refractivity contribution >= 4 is 11.6 Å². The Bertz CT molecular complexity index is 388. The third kappa shape index (κ3) is 3.13. The predicted octanol–water partition coefficient (Wildman–Crippen LogP) is 2.25. The van der Waals surface area contributed by atoms with Crippen molar-refractivity contribution in [1.82, 2.24) is 4.98 Å². The highest BCUT2D eigenvalue weighted by Gasteiger charge is 2.32. The van der Waals surface area contributed by atoms with Gasteiger partial charge in [0.2, 0.25) is 0 Å². The van der Waals surface area contributed by atoms with Crippen LogP contribution in [0.3, 0.4) is 0 Å². The average Bonchev–Trinajstić information content (AvgIpc) is 2.76. The molecule has 1 saturated carbocycles. The summed E-state index contributed by atoms with van der Waals surface area (Å²) in [6.45, 7) is 3.58. The smallest absolute Gasteiger partial charge is 0.130 e. The van der Waals surface area contributed by atoms with E-state index in [-0.39, 0.29) is 0 Å². The van der Waals surface area contributed by atoms with Crippen LogP contribution < -0.4 is 10.2 Å². The number of aliphatic hydroxyl groups is 1. The van der Waals surface area contributed by atoms with Gasteiger partial charge in [0.05, 0.1) is 5.60 Å². The topological polar surface area (TPSA) is 48.4 Å². The summed E-state index contributed by atoms with van der Waals surface area (Å²) in [5, 5.41) is 13.6. The Kier molecular flexibility index (Phi) is 4.07. The van der Waals surface area contributed by atoms with E-state index in [1.165, 1.54) is 0 Å². The van der Waals surface area contributed by atoms with E-state index in [2.05, 4.69) is 17.2 Å². The zero-order valence-corrected chi connectivity index (χ0v) is 11.3. The molecule has 1 aromatic rings. The van der Waals surface area contributed by atoms with Crippen LogP contribution in [0.2, 0.25) is 0 Å². The SMILES string of the molecule is CCNc1cccc(N(C)CC2(O)CCCC2)n1. The zero-order valence-electron chi connectivity index (χ0n) is 11.3. The van der Waals surface area contributed by atoms with Crippen LogP contribution in [0.25, 0.3) is 0 Å². The fraction of sp³-hybridized carbons (Fsp3) is 0.643. The molecule has 0 radical (unpaired) electrons. The molecule has 1 aliphatic carbocycles. The first-order valence-electron chi connectivity index (χ1n) is 6.77. The Hall–Kier alpha value is -1.29. The molecule has 0 amide bonds. The second kappa shape index (κ2) is 5.57. The summed E-state index contributed by atoms with van der Waals surface area (Å²) in [5.41, 5.74) is -0.523. The molecule has 0 atom stereocenters. The molecule has 0 saturated heterocycles. The van der Waals surface area contributed by atoms with Crippen molar-refractivity contribution in [2.45, 2.75) is 38.2 Å². The highest BCUT2D eigenvalue weighted by Crippen LogP contribution is 2.30. The van der Waals surface area contributed by atoms with Gasteiger partial charge in [0.1, 0.15) is 11.6 Å². The molecule has 4 nitrogen and oxygen atoms in total. The normalized spacial score (nSPS) is 17.7. The molecular formula is C14H23N3O.